The Balaban J connectivity index is 1.48. The predicted octanol–water partition coefficient (Wildman–Crippen LogP) is 3.30. The van der Waals surface area contributed by atoms with Crippen LogP contribution in [0.5, 0.6) is 0 Å². The fourth-order valence-corrected chi connectivity index (χ4v) is 7.45. The third-order valence-electron chi connectivity index (χ3n) is 11.9. The highest BCUT2D eigenvalue weighted by molar-refractivity contribution is 6.09. The Labute approximate surface area is 404 Å². The number of rotatable bonds is 8. The Bertz CT molecular complexity index is 2520. The summed E-state index contributed by atoms with van der Waals surface area (Å²) in [7, 11) is 0. The lowest BCUT2D eigenvalue weighted by atomic mass is 9.96. The molecule has 0 radical (unpaired) electrons. The van der Waals surface area contributed by atoms with E-state index in [2.05, 4.69) is 42.5 Å². The first-order chi connectivity index (χ1) is 32.3. The van der Waals surface area contributed by atoms with Gasteiger partial charge in [0.1, 0.15) is 34.7 Å². The summed E-state index contributed by atoms with van der Waals surface area (Å²) >= 11 is 0. The molecule has 4 atom stereocenters. The molecule has 366 valence electrons. The molecule has 4 unspecified atom stereocenters. The second-order valence-corrected chi connectivity index (χ2v) is 19.8. The van der Waals surface area contributed by atoms with E-state index in [4.69, 9.17) is 0 Å². The summed E-state index contributed by atoms with van der Waals surface area (Å²) in [6.45, 7) is 14.8. The quantitative estimate of drug-likeness (QED) is 0.121. The summed E-state index contributed by atoms with van der Waals surface area (Å²) in [5.41, 5.74) is -1.75. The molecule has 1 fully saturated rings. The Hall–Kier alpha value is -7.20. The zero-order chi connectivity index (χ0) is 50.9. The van der Waals surface area contributed by atoms with E-state index < -0.39 is 87.8 Å². The highest BCUT2D eigenvalue weighted by Crippen LogP contribution is 2.17. The third kappa shape index (κ3) is 14.4. The van der Waals surface area contributed by atoms with Crippen LogP contribution in [0.4, 0.5) is 0 Å². The van der Waals surface area contributed by atoms with E-state index >= 15 is 0 Å². The Morgan fingerprint density at radius 3 is 1.32 bits per heavy atom. The molecule has 0 saturated carbocycles. The van der Waals surface area contributed by atoms with Crippen molar-refractivity contribution in [2.45, 2.75) is 135 Å². The van der Waals surface area contributed by atoms with Crippen molar-refractivity contribution in [3.8, 4) is 0 Å². The van der Waals surface area contributed by atoms with Gasteiger partial charge < -0.3 is 37.2 Å². The lowest BCUT2D eigenvalue weighted by Gasteiger charge is -2.35. The standard InChI is InChI=1S/C53H66N8O8/c1-32-43(63)59-51(5,6)47(67)55-33(2)44(64)60-52(7,8)48(68)56-40(30-36-25-27-39(28-26-36)42(62)38-19-15-12-16-20-38)45(65)61-53(9,10)49(69)57-41(58-50(3,4)46(66)54-32)31-37-23-21-35(22-24-37)29-34-17-13-11-14-18-34/h11-28,32-33,40-41,58H,29-31H2,1-10H3,(H,54,66)(H,55,67)(H,56,68)(H,57,69)(H,59,63)(H,60,64)(H,61,65). The smallest absolute Gasteiger partial charge is 0.246 e. The molecule has 5 rings (SSSR count). The van der Waals surface area contributed by atoms with Crippen molar-refractivity contribution in [2.24, 2.45) is 0 Å². The van der Waals surface area contributed by atoms with Gasteiger partial charge in [-0.05, 0) is 97.9 Å². The van der Waals surface area contributed by atoms with Crippen LogP contribution in [0, 0.1) is 0 Å². The van der Waals surface area contributed by atoms with Crippen molar-refractivity contribution in [2.75, 3.05) is 0 Å². The average molecular weight is 943 g/mol. The van der Waals surface area contributed by atoms with E-state index in [1.807, 2.05) is 60.7 Å². The summed E-state index contributed by atoms with van der Waals surface area (Å²) in [6, 6.07) is 29.5. The molecule has 4 aromatic carbocycles. The largest absolute Gasteiger partial charge is 0.343 e. The summed E-state index contributed by atoms with van der Waals surface area (Å²) in [5, 5.41) is 22.3. The van der Waals surface area contributed by atoms with E-state index in [0.29, 0.717) is 23.1 Å². The Morgan fingerprint density at radius 2 is 0.797 bits per heavy atom. The van der Waals surface area contributed by atoms with E-state index in [-0.39, 0.29) is 18.6 Å². The van der Waals surface area contributed by atoms with Gasteiger partial charge in [0.15, 0.2) is 5.78 Å². The monoisotopic (exact) mass is 943 g/mol. The molecule has 1 saturated heterocycles. The van der Waals surface area contributed by atoms with E-state index in [1.54, 1.807) is 62.4 Å². The SMILES string of the molecule is CC1NC(=O)C(C)(C)NC(=O)C(C)NC(=O)C(C)(C)NC(Cc2ccc(Cc3ccccc3)cc2)NC(=O)C(C)(C)NC(=O)C(Cc2ccc(C(=O)c3ccccc3)cc2)NC(=O)C(C)(C)NC1=O. The number of hydrogen-bond donors (Lipinski definition) is 8. The van der Waals surface area contributed by atoms with Crippen molar-refractivity contribution in [3.63, 3.8) is 0 Å². The molecular formula is C53H66N8O8. The number of benzene rings is 4. The molecule has 69 heavy (non-hydrogen) atoms. The van der Waals surface area contributed by atoms with Gasteiger partial charge in [0.05, 0.1) is 11.7 Å². The van der Waals surface area contributed by atoms with Crippen molar-refractivity contribution < 1.29 is 38.4 Å². The number of carbonyl (C=O) groups excluding carboxylic acids is 8. The number of ketones is 1. The third-order valence-corrected chi connectivity index (χ3v) is 11.9. The van der Waals surface area contributed by atoms with Gasteiger partial charge in [-0.15, -0.1) is 0 Å². The number of carbonyl (C=O) groups is 8. The zero-order valence-electron chi connectivity index (χ0n) is 41.1. The molecule has 16 nitrogen and oxygen atoms in total. The number of hydrogen-bond acceptors (Lipinski definition) is 9. The topological polar surface area (TPSA) is 233 Å². The molecule has 0 bridgehead atoms. The minimum Gasteiger partial charge on any atom is -0.343 e. The fourth-order valence-electron chi connectivity index (χ4n) is 7.45. The van der Waals surface area contributed by atoms with Gasteiger partial charge in [-0.2, -0.15) is 0 Å². The van der Waals surface area contributed by atoms with Crippen molar-refractivity contribution in [1.29, 1.82) is 0 Å². The van der Waals surface area contributed by atoms with Gasteiger partial charge in [0, 0.05) is 24.0 Å². The maximum atomic E-state index is 14.4. The minimum absolute atomic E-state index is 0.0848. The van der Waals surface area contributed by atoms with Crippen LogP contribution < -0.4 is 42.5 Å². The molecule has 7 amide bonds. The van der Waals surface area contributed by atoms with Gasteiger partial charge >= 0.3 is 0 Å². The molecule has 1 aliphatic heterocycles. The first-order valence-electron chi connectivity index (χ1n) is 23.0. The minimum atomic E-state index is -1.65. The van der Waals surface area contributed by atoms with Gasteiger partial charge in [0.25, 0.3) is 0 Å². The van der Waals surface area contributed by atoms with Gasteiger partial charge in [0.2, 0.25) is 41.4 Å². The normalized spacial score (nSPS) is 22.6. The first kappa shape index (κ1) is 52.8. The van der Waals surface area contributed by atoms with E-state index in [9.17, 15) is 38.4 Å². The summed E-state index contributed by atoms with van der Waals surface area (Å²) in [6.07, 6.45) is -0.0987. The molecule has 1 aliphatic rings. The predicted molar refractivity (Wildman–Crippen MR) is 262 cm³/mol. The zero-order valence-corrected chi connectivity index (χ0v) is 41.1. The molecule has 0 aliphatic carbocycles. The van der Waals surface area contributed by atoms with Gasteiger partial charge in [-0.3, -0.25) is 43.7 Å². The lowest BCUT2D eigenvalue weighted by Crippen LogP contribution is -2.66. The molecule has 4 aromatic rings. The van der Waals surface area contributed by atoms with Crippen molar-refractivity contribution in [3.05, 3.63) is 143 Å². The molecular weight excluding hydrogens is 877 g/mol. The highest BCUT2D eigenvalue weighted by atomic mass is 16.2. The van der Waals surface area contributed by atoms with Crippen LogP contribution in [0.1, 0.15) is 107 Å². The van der Waals surface area contributed by atoms with Crippen molar-refractivity contribution >= 4 is 47.1 Å². The molecule has 0 spiro atoms. The van der Waals surface area contributed by atoms with Gasteiger partial charge in [-0.1, -0.05) is 109 Å². The van der Waals surface area contributed by atoms with E-state index in [1.165, 1.54) is 55.4 Å². The van der Waals surface area contributed by atoms with E-state index in [0.717, 1.165) is 16.7 Å². The summed E-state index contributed by atoms with van der Waals surface area (Å²) in [5.74, 6) is -5.07. The molecule has 8 N–H and O–H groups in total. The number of amides is 7. The van der Waals surface area contributed by atoms with Gasteiger partial charge in [-0.25, -0.2) is 0 Å². The van der Waals surface area contributed by atoms with Crippen LogP contribution in [0.3, 0.4) is 0 Å². The summed E-state index contributed by atoms with van der Waals surface area (Å²) in [4.78, 5) is 110. The summed E-state index contributed by atoms with van der Waals surface area (Å²) < 4.78 is 0. The first-order valence-corrected chi connectivity index (χ1v) is 23.0. The lowest BCUT2D eigenvalue weighted by molar-refractivity contribution is -0.138. The van der Waals surface area contributed by atoms with Crippen LogP contribution in [0.15, 0.2) is 109 Å². The maximum Gasteiger partial charge on any atom is 0.246 e. The van der Waals surface area contributed by atoms with Crippen LogP contribution in [-0.4, -0.2) is 93.6 Å². The fraction of sp³-hybridized carbons (Fsp3) is 0.396. The number of nitrogens with one attached hydrogen (secondary N) is 8. The van der Waals surface area contributed by atoms with Crippen LogP contribution >= 0.6 is 0 Å². The molecule has 0 aromatic heterocycles. The highest BCUT2D eigenvalue weighted by Gasteiger charge is 2.40. The van der Waals surface area contributed by atoms with Crippen LogP contribution in [0.25, 0.3) is 0 Å². The average Bonchev–Trinajstić information content (AvgIpc) is 3.29. The van der Waals surface area contributed by atoms with Crippen LogP contribution in [0.2, 0.25) is 0 Å². The van der Waals surface area contributed by atoms with Crippen LogP contribution in [-0.2, 0) is 52.8 Å². The Kier molecular flexibility index (Phi) is 16.7. The molecule has 16 heteroatoms. The molecule has 1 heterocycles. The second kappa shape index (κ2) is 21.8. The van der Waals surface area contributed by atoms with Crippen molar-refractivity contribution in [1.82, 2.24) is 42.5 Å². The maximum absolute atomic E-state index is 14.4. The second-order valence-electron chi connectivity index (χ2n) is 19.8. The Morgan fingerprint density at radius 1 is 0.420 bits per heavy atom.